The minimum absolute atomic E-state index is 1.12. The lowest BCUT2D eigenvalue weighted by Gasteiger charge is -1.96. The van der Waals surface area contributed by atoms with E-state index < -0.39 is 0 Å². The Hall–Kier alpha value is -0.800. The van der Waals surface area contributed by atoms with Gasteiger partial charge in [-0.3, -0.25) is 0 Å². The van der Waals surface area contributed by atoms with Crippen molar-refractivity contribution in [2.24, 2.45) is 0 Å². The Morgan fingerprint density at radius 1 is 1.21 bits per heavy atom. The molecule has 0 unspecified atom stereocenters. The summed E-state index contributed by atoms with van der Waals surface area (Å²) in [7, 11) is 0. The third-order valence-electron chi connectivity index (χ3n) is 2.00. The summed E-state index contributed by atoms with van der Waals surface area (Å²) in [5.41, 5.74) is 2.33. The number of aromatic nitrogens is 1. The fourth-order valence-electron chi connectivity index (χ4n) is 1.32. The molecule has 0 saturated heterocycles. The van der Waals surface area contributed by atoms with Crippen molar-refractivity contribution < 1.29 is 0 Å². The van der Waals surface area contributed by atoms with Crippen LogP contribution in [0.25, 0.3) is 11.3 Å². The Bertz CT molecular complexity index is 420. The number of nitrogens with zero attached hydrogens (tertiary/aromatic N) is 1. The van der Waals surface area contributed by atoms with Gasteiger partial charge < -0.3 is 0 Å². The molecule has 0 fully saturated rings. The standard InChI is InChI=1S/C11H11NS2/c1-8-10(12-11(13-2)14-8)9-6-4-3-5-7-9/h3-7H,1-2H3. The first-order chi connectivity index (χ1) is 6.81. The molecule has 0 radical (unpaired) electrons. The van der Waals surface area contributed by atoms with E-state index in [1.54, 1.807) is 23.1 Å². The minimum atomic E-state index is 1.12. The van der Waals surface area contributed by atoms with Crippen molar-refractivity contribution in [3.05, 3.63) is 35.2 Å². The van der Waals surface area contributed by atoms with E-state index >= 15 is 0 Å². The topological polar surface area (TPSA) is 12.9 Å². The van der Waals surface area contributed by atoms with Gasteiger partial charge in [0.05, 0.1) is 5.69 Å². The summed E-state index contributed by atoms with van der Waals surface area (Å²) < 4.78 is 1.14. The maximum absolute atomic E-state index is 4.58. The van der Waals surface area contributed by atoms with Crippen LogP contribution in [-0.2, 0) is 0 Å². The molecule has 1 aromatic carbocycles. The van der Waals surface area contributed by atoms with Crippen LogP contribution in [0.3, 0.4) is 0 Å². The Morgan fingerprint density at radius 3 is 2.50 bits per heavy atom. The van der Waals surface area contributed by atoms with E-state index in [0.29, 0.717) is 0 Å². The zero-order valence-corrected chi connectivity index (χ0v) is 9.78. The van der Waals surface area contributed by atoms with Gasteiger partial charge in [0.15, 0.2) is 4.34 Å². The van der Waals surface area contributed by atoms with E-state index in [9.17, 15) is 0 Å². The summed E-state index contributed by atoms with van der Waals surface area (Å²) in [5.74, 6) is 0. The van der Waals surface area contributed by atoms with Gasteiger partial charge >= 0.3 is 0 Å². The van der Waals surface area contributed by atoms with E-state index in [-0.39, 0.29) is 0 Å². The molecule has 14 heavy (non-hydrogen) atoms. The molecule has 0 aliphatic heterocycles. The predicted octanol–water partition coefficient (Wildman–Crippen LogP) is 3.84. The zero-order valence-electron chi connectivity index (χ0n) is 8.15. The highest BCUT2D eigenvalue weighted by molar-refractivity contribution is 8.00. The summed E-state index contributed by atoms with van der Waals surface area (Å²) in [6, 6.07) is 10.3. The van der Waals surface area contributed by atoms with Gasteiger partial charge in [0.1, 0.15) is 0 Å². The van der Waals surface area contributed by atoms with Crippen LogP contribution >= 0.6 is 23.1 Å². The third-order valence-corrected chi connectivity index (χ3v) is 3.95. The molecule has 72 valence electrons. The smallest absolute Gasteiger partial charge is 0.150 e. The van der Waals surface area contributed by atoms with Gasteiger partial charge in [-0.25, -0.2) is 4.98 Å². The molecule has 0 bridgehead atoms. The number of benzene rings is 1. The molecule has 2 rings (SSSR count). The van der Waals surface area contributed by atoms with Crippen molar-refractivity contribution in [1.82, 2.24) is 4.98 Å². The molecule has 0 saturated carbocycles. The van der Waals surface area contributed by atoms with Crippen molar-refractivity contribution in [3.8, 4) is 11.3 Å². The maximum atomic E-state index is 4.58. The summed E-state index contributed by atoms with van der Waals surface area (Å²) in [6.07, 6.45) is 2.06. The van der Waals surface area contributed by atoms with Gasteiger partial charge in [-0.15, -0.1) is 11.3 Å². The van der Waals surface area contributed by atoms with Gasteiger partial charge in [0.25, 0.3) is 0 Å². The number of aryl methyl sites for hydroxylation is 1. The van der Waals surface area contributed by atoms with E-state index in [0.717, 1.165) is 10.0 Å². The van der Waals surface area contributed by atoms with Crippen LogP contribution in [0, 0.1) is 6.92 Å². The molecule has 1 nitrogen and oxygen atoms in total. The summed E-state index contributed by atoms with van der Waals surface area (Å²) in [4.78, 5) is 5.87. The molecule has 0 atom stereocenters. The Labute approximate surface area is 92.2 Å². The SMILES string of the molecule is CSc1nc(-c2ccccc2)c(C)s1. The highest BCUT2D eigenvalue weighted by Gasteiger charge is 2.07. The molecule has 1 aromatic heterocycles. The van der Waals surface area contributed by atoms with E-state index in [4.69, 9.17) is 0 Å². The van der Waals surface area contributed by atoms with Gasteiger partial charge in [-0.1, -0.05) is 42.1 Å². The first-order valence-electron chi connectivity index (χ1n) is 4.38. The number of hydrogen-bond acceptors (Lipinski definition) is 3. The van der Waals surface area contributed by atoms with Crippen molar-refractivity contribution >= 4 is 23.1 Å². The second-order valence-electron chi connectivity index (χ2n) is 2.95. The highest BCUT2D eigenvalue weighted by atomic mass is 32.2. The number of thioether (sulfide) groups is 1. The van der Waals surface area contributed by atoms with Crippen LogP contribution in [0.4, 0.5) is 0 Å². The number of thiazole rings is 1. The highest BCUT2D eigenvalue weighted by Crippen LogP contribution is 2.31. The predicted molar refractivity (Wildman–Crippen MR) is 64.1 cm³/mol. The molecular formula is C11H11NS2. The fraction of sp³-hybridized carbons (Fsp3) is 0.182. The van der Waals surface area contributed by atoms with Crippen LogP contribution in [0.5, 0.6) is 0 Å². The van der Waals surface area contributed by atoms with E-state index in [2.05, 4.69) is 30.3 Å². The average Bonchev–Trinajstić information content (AvgIpc) is 2.61. The first kappa shape index (κ1) is 9.74. The average molecular weight is 221 g/mol. The summed E-state index contributed by atoms with van der Waals surface area (Å²) in [5, 5.41) is 0. The van der Waals surface area contributed by atoms with Crippen LogP contribution in [0.15, 0.2) is 34.7 Å². The van der Waals surface area contributed by atoms with Gasteiger partial charge in [-0.05, 0) is 13.2 Å². The molecule has 3 heteroatoms. The van der Waals surface area contributed by atoms with Crippen LogP contribution in [0.2, 0.25) is 0 Å². The van der Waals surface area contributed by atoms with Crippen molar-refractivity contribution in [2.45, 2.75) is 11.3 Å². The summed E-state index contributed by atoms with van der Waals surface area (Å²) >= 11 is 3.47. The molecule has 2 aromatic rings. The lowest BCUT2D eigenvalue weighted by molar-refractivity contribution is 1.25. The summed E-state index contributed by atoms with van der Waals surface area (Å²) in [6.45, 7) is 2.12. The molecule has 0 N–H and O–H groups in total. The van der Waals surface area contributed by atoms with Crippen LogP contribution < -0.4 is 0 Å². The number of rotatable bonds is 2. The monoisotopic (exact) mass is 221 g/mol. The Morgan fingerprint density at radius 2 is 1.93 bits per heavy atom. The number of hydrogen-bond donors (Lipinski definition) is 0. The van der Waals surface area contributed by atoms with Crippen LogP contribution in [-0.4, -0.2) is 11.2 Å². The zero-order chi connectivity index (χ0) is 9.97. The van der Waals surface area contributed by atoms with Crippen molar-refractivity contribution in [2.75, 3.05) is 6.26 Å². The quantitative estimate of drug-likeness (QED) is 0.715. The van der Waals surface area contributed by atoms with Crippen molar-refractivity contribution in [3.63, 3.8) is 0 Å². The van der Waals surface area contributed by atoms with E-state index in [1.165, 1.54) is 10.4 Å². The molecule has 0 spiro atoms. The molecule has 0 aliphatic carbocycles. The second kappa shape index (κ2) is 4.15. The largest absolute Gasteiger partial charge is 0.229 e. The Kier molecular flexibility index (Phi) is 2.89. The van der Waals surface area contributed by atoms with Crippen molar-refractivity contribution in [1.29, 1.82) is 0 Å². The molecular weight excluding hydrogens is 210 g/mol. The normalized spacial score (nSPS) is 10.4. The second-order valence-corrected chi connectivity index (χ2v) is 5.21. The fourth-order valence-corrected chi connectivity index (χ4v) is 2.87. The third kappa shape index (κ3) is 1.83. The molecule has 1 heterocycles. The van der Waals surface area contributed by atoms with Gasteiger partial charge in [0, 0.05) is 10.4 Å². The lowest BCUT2D eigenvalue weighted by Crippen LogP contribution is -1.78. The maximum Gasteiger partial charge on any atom is 0.150 e. The van der Waals surface area contributed by atoms with Crippen LogP contribution in [0.1, 0.15) is 4.88 Å². The first-order valence-corrected chi connectivity index (χ1v) is 6.42. The van der Waals surface area contributed by atoms with E-state index in [1.807, 2.05) is 18.2 Å². The molecule has 0 amide bonds. The molecule has 0 aliphatic rings. The Balaban J connectivity index is 2.46. The van der Waals surface area contributed by atoms with Gasteiger partial charge in [0.2, 0.25) is 0 Å². The van der Waals surface area contributed by atoms with Gasteiger partial charge in [-0.2, -0.15) is 0 Å². The minimum Gasteiger partial charge on any atom is -0.229 e. The lowest BCUT2D eigenvalue weighted by atomic mass is 10.1.